The summed E-state index contributed by atoms with van der Waals surface area (Å²) in [4.78, 5) is 4.71. The largest absolute Gasteiger partial charge is 0.426 e. The number of hydrogen-bond acceptors (Lipinski definition) is 3. The Labute approximate surface area is 151 Å². The molecule has 1 heterocycles. The zero-order valence-electron chi connectivity index (χ0n) is 13.9. The van der Waals surface area contributed by atoms with Gasteiger partial charge in [0.1, 0.15) is 11.4 Å². The van der Waals surface area contributed by atoms with Crippen LogP contribution in [0.25, 0.3) is 33.9 Å². The number of benzene rings is 3. The predicted molar refractivity (Wildman–Crippen MR) is 100 cm³/mol. The lowest BCUT2D eigenvalue weighted by Crippen LogP contribution is -1.97. The van der Waals surface area contributed by atoms with Gasteiger partial charge >= 0.3 is 0 Å². The lowest BCUT2D eigenvalue weighted by molar-refractivity contribution is 0.195. The topological polar surface area (TPSA) is 61.8 Å². The van der Waals surface area contributed by atoms with E-state index in [0.717, 1.165) is 21.4 Å². The zero-order chi connectivity index (χ0) is 17.9. The van der Waals surface area contributed by atoms with Gasteiger partial charge < -0.3 is 5.21 Å². The highest BCUT2D eigenvalue weighted by atomic mass is 16.5. The maximum absolute atomic E-state index is 10.9. The summed E-state index contributed by atoms with van der Waals surface area (Å²) < 4.78 is 1.12. The fraction of sp³-hybridized carbons (Fsp3) is 0. The molecule has 0 aliphatic heterocycles. The second-order valence-corrected chi connectivity index (χ2v) is 5.87. The summed E-state index contributed by atoms with van der Waals surface area (Å²) in [7, 11) is 0. The Morgan fingerprint density at radius 3 is 1.88 bits per heavy atom. The highest BCUT2D eigenvalue weighted by Gasteiger charge is 2.20. The van der Waals surface area contributed by atoms with Gasteiger partial charge in [0.05, 0.1) is 11.6 Å². The van der Waals surface area contributed by atoms with Gasteiger partial charge in [-0.3, -0.25) is 0 Å². The van der Waals surface area contributed by atoms with E-state index < -0.39 is 0 Å². The Kier molecular flexibility index (Phi) is 3.97. The van der Waals surface area contributed by atoms with Crippen LogP contribution in [0.2, 0.25) is 0 Å². The number of rotatable bonds is 3. The smallest absolute Gasteiger partial charge is 0.176 e. The monoisotopic (exact) mass is 337 g/mol. The second-order valence-electron chi connectivity index (χ2n) is 5.87. The summed E-state index contributed by atoms with van der Waals surface area (Å²) in [5.41, 5.74) is 4.45. The molecule has 124 valence electrons. The van der Waals surface area contributed by atoms with E-state index >= 15 is 0 Å². The van der Waals surface area contributed by atoms with E-state index in [1.165, 1.54) is 0 Å². The predicted octanol–water partition coefficient (Wildman–Crippen LogP) is 4.99. The van der Waals surface area contributed by atoms with Crippen molar-refractivity contribution in [3.63, 3.8) is 0 Å². The average molecular weight is 337 g/mol. The van der Waals surface area contributed by atoms with E-state index in [-0.39, 0.29) is 0 Å². The van der Waals surface area contributed by atoms with Crippen molar-refractivity contribution in [3.05, 3.63) is 90.5 Å². The van der Waals surface area contributed by atoms with E-state index in [9.17, 15) is 5.21 Å². The van der Waals surface area contributed by atoms with Crippen molar-refractivity contribution < 1.29 is 5.21 Å². The van der Waals surface area contributed by atoms with E-state index in [1.807, 2.05) is 60.7 Å². The van der Waals surface area contributed by atoms with Crippen LogP contribution in [0.4, 0.5) is 0 Å². The van der Waals surface area contributed by atoms with Crippen LogP contribution >= 0.6 is 0 Å². The molecule has 0 saturated carbocycles. The van der Waals surface area contributed by atoms with Crippen molar-refractivity contribution in [2.75, 3.05) is 0 Å². The fourth-order valence-corrected chi connectivity index (χ4v) is 2.95. The Hall–Kier alpha value is -3.84. The standard InChI is InChI=1S/C22H15N3O/c23-15-16-11-13-19(14-12-16)22-24-20(17-7-3-1-4-8-17)21(25(22)26)18-9-5-2-6-10-18/h1-14,26H. The van der Waals surface area contributed by atoms with Gasteiger partial charge in [0.25, 0.3) is 0 Å². The van der Waals surface area contributed by atoms with Crippen LogP contribution in [0.1, 0.15) is 5.56 Å². The first-order valence-electron chi connectivity index (χ1n) is 8.21. The van der Waals surface area contributed by atoms with Crippen LogP contribution in [0.3, 0.4) is 0 Å². The quantitative estimate of drug-likeness (QED) is 0.536. The van der Waals surface area contributed by atoms with E-state index in [0.29, 0.717) is 22.8 Å². The SMILES string of the molecule is N#Cc1ccc(-c2nc(-c3ccccc3)c(-c3ccccc3)n2O)cc1. The second kappa shape index (κ2) is 6.58. The van der Waals surface area contributed by atoms with Crippen molar-refractivity contribution in [1.29, 1.82) is 5.26 Å². The molecule has 0 fully saturated rings. The van der Waals surface area contributed by atoms with Gasteiger partial charge in [-0.15, -0.1) is 0 Å². The number of aromatic nitrogens is 2. The van der Waals surface area contributed by atoms with E-state index in [4.69, 9.17) is 10.2 Å². The first kappa shape index (κ1) is 15.7. The maximum Gasteiger partial charge on any atom is 0.176 e. The minimum Gasteiger partial charge on any atom is -0.426 e. The van der Waals surface area contributed by atoms with Gasteiger partial charge in [-0.1, -0.05) is 60.7 Å². The molecule has 0 aliphatic rings. The summed E-state index contributed by atoms with van der Waals surface area (Å²) in [6, 6.07) is 28.6. The molecule has 0 bridgehead atoms. The molecule has 0 spiro atoms. The molecular formula is C22H15N3O. The van der Waals surface area contributed by atoms with Gasteiger partial charge in [0, 0.05) is 16.7 Å². The van der Waals surface area contributed by atoms with Crippen molar-refractivity contribution >= 4 is 0 Å². The summed E-state index contributed by atoms with van der Waals surface area (Å²) in [6.07, 6.45) is 0. The Balaban J connectivity index is 1.95. The highest BCUT2D eigenvalue weighted by Crippen LogP contribution is 2.35. The minimum absolute atomic E-state index is 0.437. The Morgan fingerprint density at radius 2 is 1.31 bits per heavy atom. The lowest BCUT2D eigenvalue weighted by atomic mass is 10.1. The van der Waals surface area contributed by atoms with Crippen molar-refractivity contribution in [2.24, 2.45) is 0 Å². The Bertz CT molecular complexity index is 1080. The van der Waals surface area contributed by atoms with Crippen LogP contribution in [-0.4, -0.2) is 14.9 Å². The number of nitriles is 1. The normalized spacial score (nSPS) is 10.4. The van der Waals surface area contributed by atoms with Crippen LogP contribution in [0.15, 0.2) is 84.9 Å². The van der Waals surface area contributed by atoms with Gasteiger partial charge in [-0.2, -0.15) is 9.99 Å². The molecule has 0 unspecified atom stereocenters. The van der Waals surface area contributed by atoms with Crippen LogP contribution < -0.4 is 0 Å². The summed E-state index contributed by atoms with van der Waals surface area (Å²) in [5.74, 6) is 0.437. The summed E-state index contributed by atoms with van der Waals surface area (Å²) in [5, 5.41) is 19.9. The number of nitrogens with zero attached hydrogens (tertiary/aromatic N) is 3. The molecule has 26 heavy (non-hydrogen) atoms. The van der Waals surface area contributed by atoms with Gasteiger partial charge in [0.2, 0.25) is 0 Å². The first-order chi connectivity index (χ1) is 12.8. The number of hydrogen-bond donors (Lipinski definition) is 1. The van der Waals surface area contributed by atoms with Crippen molar-refractivity contribution in [3.8, 4) is 40.0 Å². The third kappa shape index (κ3) is 2.72. The Morgan fingerprint density at radius 1 is 0.731 bits per heavy atom. The van der Waals surface area contributed by atoms with Crippen LogP contribution in [0, 0.1) is 11.3 Å². The van der Waals surface area contributed by atoms with E-state index in [1.54, 1.807) is 24.3 Å². The molecule has 4 heteroatoms. The molecule has 4 nitrogen and oxygen atoms in total. The zero-order valence-corrected chi connectivity index (χ0v) is 13.9. The van der Waals surface area contributed by atoms with Gasteiger partial charge in [0.15, 0.2) is 5.82 Å². The number of imidazole rings is 1. The molecular weight excluding hydrogens is 322 g/mol. The summed E-state index contributed by atoms with van der Waals surface area (Å²) in [6.45, 7) is 0. The molecule has 0 atom stereocenters. The fourth-order valence-electron chi connectivity index (χ4n) is 2.95. The van der Waals surface area contributed by atoms with Crippen molar-refractivity contribution in [1.82, 2.24) is 9.71 Å². The molecule has 0 aliphatic carbocycles. The molecule has 3 aromatic carbocycles. The third-order valence-electron chi connectivity index (χ3n) is 4.22. The average Bonchev–Trinajstić information content (AvgIpc) is 3.06. The molecule has 4 rings (SSSR count). The first-order valence-corrected chi connectivity index (χ1v) is 8.21. The van der Waals surface area contributed by atoms with Gasteiger partial charge in [-0.05, 0) is 24.3 Å². The summed E-state index contributed by atoms with van der Waals surface area (Å²) >= 11 is 0. The molecule has 0 amide bonds. The lowest BCUT2D eigenvalue weighted by Gasteiger charge is -2.06. The maximum atomic E-state index is 10.9. The molecule has 0 radical (unpaired) electrons. The molecule has 1 N–H and O–H groups in total. The molecule has 0 saturated heterocycles. The molecule has 4 aromatic rings. The molecule has 1 aromatic heterocycles. The van der Waals surface area contributed by atoms with Crippen molar-refractivity contribution in [2.45, 2.75) is 0 Å². The van der Waals surface area contributed by atoms with Gasteiger partial charge in [-0.25, -0.2) is 4.98 Å². The minimum atomic E-state index is 0.437. The third-order valence-corrected chi connectivity index (χ3v) is 4.22. The van der Waals surface area contributed by atoms with E-state index in [2.05, 4.69) is 6.07 Å². The van der Waals surface area contributed by atoms with Crippen LogP contribution in [0.5, 0.6) is 0 Å². The van der Waals surface area contributed by atoms with Crippen LogP contribution in [-0.2, 0) is 0 Å². The highest BCUT2D eigenvalue weighted by molar-refractivity contribution is 5.81.